The molecule has 1 aliphatic carbocycles. The van der Waals surface area contributed by atoms with Gasteiger partial charge in [0.05, 0.1) is 11.5 Å². The fraction of sp³-hybridized carbons (Fsp3) is 1.00. The van der Waals surface area contributed by atoms with Crippen molar-refractivity contribution in [3.05, 3.63) is 0 Å². The summed E-state index contributed by atoms with van der Waals surface area (Å²) in [6.07, 6.45) is 6.15. The van der Waals surface area contributed by atoms with Gasteiger partial charge in [-0.25, -0.2) is 16.8 Å². The van der Waals surface area contributed by atoms with E-state index in [2.05, 4.69) is 0 Å². The van der Waals surface area contributed by atoms with E-state index in [1.807, 2.05) is 0 Å². The Bertz CT molecular complexity index is 380. The summed E-state index contributed by atoms with van der Waals surface area (Å²) in [4.78, 5) is 0. The largest absolute Gasteiger partial charge is 0.229 e. The Kier molecular flexibility index (Phi) is 4.40. The predicted octanol–water partition coefficient (Wildman–Crippen LogP) is 0.882. The molecule has 0 aromatic rings. The molecule has 16 heavy (non-hydrogen) atoms. The van der Waals surface area contributed by atoms with Gasteiger partial charge in [-0.15, -0.1) is 0 Å². The van der Waals surface area contributed by atoms with E-state index in [-0.39, 0.29) is 23.3 Å². The maximum atomic E-state index is 11.3. The maximum absolute atomic E-state index is 11.3. The Labute approximate surface area is 98.3 Å². The first-order valence-electron chi connectivity index (χ1n) is 5.53. The van der Waals surface area contributed by atoms with Crippen molar-refractivity contribution in [2.24, 2.45) is 11.8 Å². The average Bonchev–Trinajstić information content (AvgIpc) is 2.03. The molecule has 1 unspecified atom stereocenters. The van der Waals surface area contributed by atoms with Crippen LogP contribution < -0.4 is 0 Å². The smallest absolute Gasteiger partial charge is 0.147 e. The minimum atomic E-state index is -3.01. The molecular formula is C10H20O4S2. The lowest BCUT2D eigenvalue weighted by atomic mass is 9.81. The van der Waals surface area contributed by atoms with Gasteiger partial charge in [0.25, 0.3) is 0 Å². The van der Waals surface area contributed by atoms with E-state index in [4.69, 9.17) is 0 Å². The van der Waals surface area contributed by atoms with Gasteiger partial charge in [0.15, 0.2) is 0 Å². The second kappa shape index (κ2) is 5.04. The number of hydrogen-bond donors (Lipinski definition) is 0. The first kappa shape index (κ1) is 14.0. The molecule has 2 atom stereocenters. The summed E-state index contributed by atoms with van der Waals surface area (Å²) in [7, 11) is -6.01. The van der Waals surface area contributed by atoms with E-state index in [9.17, 15) is 16.8 Å². The van der Waals surface area contributed by atoms with Crippen molar-refractivity contribution in [2.75, 3.05) is 24.0 Å². The second-order valence-electron chi connectivity index (χ2n) is 4.99. The van der Waals surface area contributed by atoms with E-state index < -0.39 is 19.7 Å². The van der Waals surface area contributed by atoms with Crippen molar-refractivity contribution in [1.29, 1.82) is 0 Å². The van der Waals surface area contributed by atoms with Crippen molar-refractivity contribution >= 4 is 19.7 Å². The van der Waals surface area contributed by atoms with E-state index in [1.165, 1.54) is 12.5 Å². The molecule has 0 bridgehead atoms. The molecular weight excluding hydrogens is 248 g/mol. The Balaban J connectivity index is 2.72. The summed E-state index contributed by atoms with van der Waals surface area (Å²) < 4.78 is 45.0. The van der Waals surface area contributed by atoms with Crippen molar-refractivity contribution < 1.29 is 16.8 Å². The lowest BCUT2D eigenvalue weighted by Crippen LogP contribution is -2.31. The van der Waals surface area contributed by atoms with Gasteiger partial charge in [-0.3, -0.25) is 0 Å². The third kappa shape index (κ3) is 5.30. The first-order valence-corrected chi connectivity index (χ1v) is 9.65. The molecule has 0 N–H and O–H groups in total. The standard InChI is InChI=1S/C10H20O4S2/c1-15(11,12)7-9-5-3-4-6-10(9)8-16(2,13)14/h9-10H,3-8H2,1-2H3/t9-,10?/m0/s1. The van der Waals surface area contributed by atoms with Crippen LogP contribution in [0.15, 0.2) is 0 Å². The fourth-order valence-electron chi connectivity index (χ4n) is 2.50. The zero-order valence-electron chi connectivity index (χ0n) is 9.85. The quantitative estimate of drug-likeness (QED) is 0.759. The minimum absolute atomic E-state index is 0.0264. The van der Waals surface area contributed by atoms with Gasteiger partial charge >= 0.3 is 0 Å². The average molecular weight is 268 g/mol. The Morgan fingerprint density at radius 3 is 1.38 bits per heavy atom. The monoisotopic (exact) mass is 268 g/mol. The molecule has 6 heteroatoms. The molecule has 1 rings (SSSR count). The molecule has 96 valence electrons. The van der Waals surface area contributed by atoms with Gasteiger partial charge in [-0.2, -0.15) is 0 Å². The Morgan fingerprint density at radius 1 is 0.812 bits per heavy atom. The number of rotatable bonds is 4. The maximum Gasteiger partial charge on any atom is 0.147 e. The van der Waals surface area contributed by atoms with Gasteiger partial charge in [-0.1, -0.05) is 12.8 Å². The molecule has 1 saturated carbocycles. The molecule has 1 fully saturated rings. The van der Waals surface area contributed by atoms with Crippen LogP contribution >= 0.6 is 0 Å². The predicted molar refractivity (Wildman–Crippen MR) is 64.9 cm³/mol. The SMILES string of the molecule is CS(=O)(=O)CC1CCCC[C@H]1CS(C)(=O)=O. The summed E-state index contributed by atoms with van der Waals surface area (Å²) in [5.41, 5.74) is 0. The highest BCUT2D eigenvalue weighted by Gasteiger charge is 2.30. The lowest BCUT2D eigenvalue weighted by molar-refractivity contribution is 0.281. The molecule has 0 amide bonds. The van der Waals surface area contributed by atoms with Crippen LogP contribution in [0.2, 0.25) is 0 Å². The van der Waals surface area contributed by atoms with E-state index in [1.54, 1.807) is 0 Å². The van der Waals surface area contributed by atoms with Crippen molar-refractivity contribution in [2.45, 2.75) is 25.7 Å². The third-order valence-electron chi connectivity index (χ3n) is 3.10. The van der Waals surface area contributed by atoms with Crippen molar-refractivity contribution in [3.63, 3.8) is 0 Å². The molecule has 0 radical (unpaired) electrons. The Morgan fingerprint density at radius 2 is 1.12 bits per heavy atom. The molecule has 0 aliphatic heterocycles. The highest BCUT2D eigenvalue weighted by atomic mass is 32.2. The second-order valence-corrected chi connectivity index (χ2v) is 9.36. The van der Waals surface area contributed by atoms with E-state index in [0.29, 0.717) is 0 Å². The summed E-state index contributed by atoms with van der Waals surface area (Å²) in [6, 6.07) is 0. The summed E-state index contributed by atoms with van der Waals surface area (Å²) >= 11 is 0. The van der Waals surface area contributed by atoms with Crippen LogP contribution in [0.5, 0.6) is 0 Å². The highest BCUT2D eigenvalue weighted by molar-refractivity contribution is 7.91. The van der Waals surface area contributed by atoms with Crippen LogP contribution in [0.25, 0.3) is 0 Å². The van der Waals surface area contributed by atoms with Crippen LogP contribution in [-0.4, -0.2) is 40.9 Å². The third-order valence-corrected chi connectivity index (χ3v) is 5.17. The zero-order valence-corrected chi connectivity index (χ0v) is 11.5. The molecule has 4 nitrogen and oxygen atoms in total. The molecule has 1 aliphatic rings. The Hall–Kier alpha value is -0.100. The van der Waals surface area contributed by atoms with Crippen molar-refractivity contribution in [3.8, 4) is 0 Å². The van der Waals surface area contributed by atoms with Crippen LogP contribution in [-0.2, 0) is 19.7 Å². The summed E-state index contributed by atoms with van der Waals surface area (Å²) in [5.74, 6) is 0.317. The fourth-order valence-corrected chi connectivity index (χ4v) is 4.93. The zero-order chi connectivity index (χ0) is 12.4. The van der Waals surface area contributed by atoms with Crippen LogP contribution in [0.4, 0.5) is 0 Å². The molecule has 0 aromatic carbocycles. The topological polar surface area (TPSA) is 68.3 Å². The summed E-state index contributed by atoms with van der Waals surface area (Å²) in [5, 5.41) is 0. The van der Waals surface area contributed by atoms with Crippen LogP contribution in [0.1, 0.15) is 25.7 Å². The first-order chi connectivity index (χ1) is 7.17. The normalized spacial score (nSPS) is 27.9. The van der Waals surface area contributed by atoms with Gasteiger partial charge in [-0.05, 0) is 24.7 Å². The van der Waals surface area contributed by atoms with E-state index >= 15 is 0 Å². The summed E-state index contributed by atoms with van der Waals surface area (Å²) in [6.45, 7) is 0. The van der Waals surface area contributed by atoms with Gasteiger partial charge in [0.2, 0.25) is 0 Å². The molecule has 0 saturated heterocycles. The highest BCUT2D eigenvalue weighted by Crippen LogP contribution is 2.31. The minimum Gasteiger partial charge on any atom is -0.229 e. The van der Waals surface area contributed by atoms with Gasteiger partial charge < -0.3 is 0 Å². The van der Waals surface area contributed by atoms with Gasteiger partial charge in [0.1, 0.15) is 19.7 Å². The molecule has 0 aromatic heterocycles. The van der Waals surface area contributed by atoms with Crippen LogP contribution in [0, 0.1) is 11.8 Å². The molecule has 0 heterocycles. The number of sulfone groups is 2. The molecule has 0 spiro atoms. The van der Waals surface area contributed by atoms with Gasteiger partial charge in [0, 0.05) is 12.5 Å². The lowest BCUT2D eigenvalue weighted by Gasteiger charge is -2.30. The van der Waals surface area contributed by atoms with Crippen molar-refractivity contribution in [1.82, 2.24) is 0 Å². The number of hydrogen-bond acceptors (Lipinski definition) is 4. The van der Waals surface area contributed by atoms with Crippen LogP contribution in [0.3, 0.4) is 0 Å². The van der Waals surface area contributed by atoms with E-state index in [0.717, 1.165) is 25.7 Å².